The summed E-state index contributed by atoms with van der Waals surface area (Å²) in [4.78, 5) is 33.6. The molecule has 0 radical (unpaired) electrons. The van der Waals surface area contributed by atoms with Gasteiger partial charge in [0.25, 0.3) is 0 Å². The molecule has 0 unspecified atom stereocenters. The van der Waals surface area contributed by atoms with Crippen molar-refractivity contribution in [3.63, 3.8) is 0 Å². The number of benzene rings is 1. The second-order valence-electron chi connectivity index (χ2n) is 10.5. The molecule has 5 nitrogen and oxygen atoms in total. The predicted octanol–water partition coefficient (Wildman–Crippen LogP) is 6.27. The molecule has 1 aliphatic carbocycles. The molecule has 2 saturated heterocycles. The van der Waals surface area contributed by atoms with Gasteiger partial charge in [-0.1, -0.05) is 23.2 Å². The van der Waals surface area contributed by atoms with Gasteiger partial charge in [-0.25, -0.2) is 0 Å². The first-order valence-electron chi connectivity index (χ1n) is 13.0. The van der Waals surface area contributed by atoms with E-state index in [1.165, 1.54) is 11.1 Å². The minimum atomic E-state index is 0.100. The molecule has 3 aliphatic rings. The summed E-state index contributed by atoms with van der Waals surface area (Å²) in [7, 11) is 0. The van der Waals surface area contributed by atoms with Gasteiger partial charge < -0.3 is 9.80 Å². The smallest absolute Gasteiger partial charge is 0.222 e. The number of pyridine rings is 1. The van der Waals surface area contributed by atoms with Crippen LogP contribution in [-0.4, -0.2) is 52.8 Å². The molecule has 3 heterocycles. The molecule has 2 aromatic rings. The van der Waals surface area contributed by atoms with E-state index >= 15 is 0 Å². The van der Waals surface area contributed by atoms with Crippen LogP contribution in [0, 0.1) is 11.8 Å². The van der Waals surface area contributed by atoms with Crippen LogP contribution in [-0.2, 0) is 22.4 Å². The second-order valence-corrected chi connectivity index (χ2v) is 12.3. The number of rotatable bonds is 3. The lowest BCUT2D eigenvalue weighted by Gasteiger charge is -2.38. The van der Waals surface area contributed by atoms with Gasteiger partial charge in [-0.3, -0.25) is 14.6 Å². The second kappa shape index (κ2) is 11.0. The van der Waals surface area contributed by atoms with Crippen molar-refractivity contribution in [2.75, 3.05) is 26.2 Å². The number of piperidine rings is 2. The van der Waals surface area contributed by atoms with Gasteiger partial charge in [-0.05, 0) is 101 Å². The Kier molecular flexibility index (Phi) is 7.95. The van der Waals surface area contributed by atoms with E-state index in [1.807, 2.05) is 22.1 Å². The van der Waals surface area contributed by atoms with Gasteiger partial charge in [-0.2, -0.15) is 0 Å². The van der Waals surface area contributed by atoms with Crippen LogP contribution in [0.25, 0.3) is 0 Å². The molecule has 192 valence electrons. The number of halogens is 3. The van der Waals surface area contributed by atoms with E-state index in [2.05, 4.69) is 28.1 Å². The third kappa shape index (κ3) is 5.46. The summed E-state index contributed by atoms with van der Waals surface area (Å²) in [6, 6.07) is 6.11. The Labute approximate surface area is 231 Å². The van der Waals surface area contributed by atoms with Crippen LogP contribution in [0.1, 0.15) is 67.3 Å². The molecule has 2 amide bonds. The maximum atomic E-state index is 13.1. The van der Waals surface area contributed by atoms with E-state index in [4.69, 9.17) is 28.2 Å². The first-order chi connectivity index (χ1) is 17.3. The zero-order valence-electron chi connectivity index (χ0n) is 20.6. The largest absolute Gasteiger partial charge is 0.343 e. The van der Waals surface area contributed by atoms with Gasteiger partial charge in [0.2, 0.25) is 11.8 Å². The molecule has 1 atom stereocenters. The Morgan fingerprint density at radius 1 is 0.972 bits per heavy atom. The molecule has 2 aliphatic heterocycles. The van der Waals surface area contributed by atoms with E-state index in [0.717, 1.165) is 85.5 Å². The lowest BCUT2D eigenvalue weighted by molar-refractivity contribution is -0.134. The summed E-state index contributed by atoms with van der Waals surface area (Å²) in [5.41, 5.74) is 4.75. The Bertz CT molecular complexity index is 1160. The van der Waals surface area contributed by atoms with Crippen LogP contribution >= 0.6 is 39.1 Å². The van der Waals surface area contributed by atoms with E-state index in [-0.39, 0.29) is 17.7 Å². The number of nitrogens with zero attached hydrogens (tertiary/aromatic N) is 3. The fourth-order valence-electron chi connectivity index (χ4n) is 6.34. The van der Waals surface area contributed by atoms with Crippen molar-refractivity contribution in [1.29, 1.82) is 0 Å². The Hall–Kier alpha value is -1.63. The van der Waals surface area contributed by atoms with Crippen LogP contribution in [0.2, 0.25) is 10.0 Å². The van der Waals surface area contributed by atoms with Gasteiger partial charge in [0, 0.05) is 66.2 Å². The zero-order valence-corrected chi connectivity index (χ0v) is 23.7. The number of fused-ring (bicyclic) bond motifs is 2. The highest BCUT2D eigenvalue weighted by molar-refractivity contribution is 9.10. The molecule has 0 bridgehead atoms. The first-order valence-corrected chi connectivity index (χ1v) is 14.5. The van der Waals surface area contributed by atoms with Crippen LogP contribution in [0.4, 0.5) is 0 Å². The minimum Gasteiger partial charge on any atom is -0.343 e. The lowest BCUT2D eigenvalue weighted by Crippen LogP contribution is -2.42. The van der Waals surface area contributed by atoms with E-state index in [0.29, 0.717) is 23.3 Å². The van der Waals surface area contributed by atoms with E-state index in [1.54, 1.807) is 6.92 Å². The molecule has 1 aromatic heterocycles. The van der Waals surface area contributed by atoms with E-state index in [9.17, 15) is 9.59 Å². The van der Waals surface area contributed by atoms with Gasteiger partial charge >= 0.3 is 0 Å². The van der Waals surface area contributed by atoms with Crippen molar-refractivity contribution in [2.45, 2.75) is 57.8 Å². The highest BCUT2D eigenvalue weighted by Gasteiger charge is 2.36. The Morgan fingerprint density at radius 3 is 2.33 bits per heavy atom. The average Bonchev–Trinajstić information content (AvgIpc) is 3.01. The lowest BCUT2D eigenvalue weighted by atomic mass is 9.76. The fourth-order valence-corrected chi connectivity index (χ4v) is 7.37. The normalized spacial score (nSPS) is 21.1. The number of aromatic nitrogens is 1. The molecular formula is C28H32BrCl2N3O2. The first kappa shape index (κ1) is 26.0. The molecule has 36 heavy (non-hydrogen) atoms. The highest BCUT2D eigenvalue weighted by atomic mass is 79.9. The standard InChI is InChI=1S/C28H32BrCl2N3O2/c1-17(35)33-8-4-18(5-9-33)12-25(36)34-10-6-19(7-11-34)27-26-20(14-23(30)15-24(26)31)2-3-21-13-22(29)16-32-28(21)27/h13-16,18-19,27H,2-12H2,1H3/t27-/m1/s1. The predicted molar refractivity (Wildman–Crippen MR) is 147 cm³/mol. The molecule has 2 fully saturated rings. The van der Waals surface area contributed by atoms with Gasteiger partial charge in [-0.15, -0.1) is 0 Å². The highest BCUT2D eigenvalue weighted by Crippen LogP contribution is 2.46. The molecular weight excluding hydrogens is 561 g/mol. The molecule has 8 heteroatoms. The van der Waals surface area contributed by atoms with Crippen LogP contribution in [0.15, 0.2) is 28.9 Å². The number of hydrogen-bond donors (Lipinski definition) is 0. The van der Waals surface area contributed by atoms with Gasteiger partial charge in [0.1, 0.15) is 0 Å². The van der Waals surface area contributed by atoms with Crippen molar-refractivity contribution in [1.82, 2.24) is 14.8 Å². The number of hydrogen-bond acceptors (Lipinski definition) is 3. The average molecular weight is 593 g/mol. The number of amides is 2. The van der Waals surface area contributed by atoms with E-state index < -0.39 is 0 Å². The van der Waals surface area contributed by atoms with Crippen LogP contribution in [0.3, 0.4) is 0 Å². The summed E-state index contributed by atoms with van der Waals surface area (Å²) >= 11 is 16.8. The summed E-state index contributed by atoms with van der Waals surface area (Å²) in [6.45, 7) is 4.68. The summed E-state index contributed by atoms with van der Waals surface area (Å²) in [5, 5.41) is 1.39. The zero-order chi connectivity index (χ0) is 25.4. The van der Waals surface area contributed by atoms with Crippen molar-refractivity contribution >= 4 is 50.9 Å². The topological polar surface area (TPSA) is 53.5 Å². The molecule has 0 spiro atoms. The van der Waals surface area contributed by atoms with Crippen LogP contribution < -0.4 is 0 Å². The van der Waals surface area contributed by atoms with Crippen molar-refractivity contribution < 1.29 is 9.59 Å². The number of carbonyl (C=O) groups is 2. The fraction of sp³-hybridized carbons (Fsp3) is 0.536. The maximum Gasteiger partial charge on any atom is 0.222 e. The van der Waals surface area contributed by atoms with Crippen molar-refractivity contribution in [2.24, 2.45) is 11.8 Å². The monoisotopic (exact) mass is 591 g/mol. The third-order valence-electron chi connectivity index (χ3n) is 8.30. The molecule has 1 aromatic carbocycles. The van der Waals surface area contributed by atoms with Crippen LogP contribution in [0.5, 0.6) is 0 Å². The summed E-state index contributed by atoms with van der Waals surface area (Å²) < 4.78 is 0.990. The number of carbonyl (C=O) groups excluding carboxylic acids is 2. The summed E-state index contributed by atoms with van der Waals surface area (Å²) in [5.74, 6) is 1.22. The molecule has 0 N–H and O–H groups in total. The quantitative estimate of drug-likeness (QED) is 0.422. The Morgan fingerprint density at radius 2 is 1.64 bits per heavy atom. The molecule has 5 rings (SSSR count). The summed E-state index contributed by atoms with van der Waals surface area (Å²) in [6.07, 6.45) is 7.95. The Balaban J connectivity index is 1.31. The minimum absolute atomic E-state index is 0.100. The molecule has 0 saturated carbocycles. The number of aryl methyl sites for hydroxylation is 2. The third-order valence-corrected chi connectivity index (χ3v) is 9.27. The number of likely N-dealkylation sites (tertiary alicyclic amines) is 2. The SMILES string of the molecule is CC(=O)N1CCC(CC(=O)N2CCC([C@H]3c4ncc(Br)cc4CCc4cc(Cl)cc(Cl)c43)CC2)CC1. The van der Waals surface area contributed by atoms with Gasteiger partial charge in [0.05, 0.1) is 5.69 Å². The maximum absolute atomic E-state index is 13.1. The van der Waals surface area contributed by atoms with Crippen molar-refractivity contribution in [3.8, 4) is 0 Å². The van der Waals surface area contributed by atoms with Gasteiger partial charge in [0.15, 0.2) is 0 Å². The van der Waals surface area contributed by atoms with Crippen molar-refractivity contribution in [3.05, 3.63) is 61.3 Å².